The molecule has 0 aliphatic heterocycles. The first-order chi connectivity index (χ1) is 9.33. The fraction of sp³-hybridized carbons (Fsp3) is 0.188. The minimum atomic E-state index is 0.676. The van der Waals surface area contributed by atoms with E-state index in [2.05, 4.69) is 17.1 Å². The highest BCUT2D eigenvalue weighted by Crippen LogP contribution is 2.26. The van der Waals surface area contributed by atoms with Gasteiger partial charge in [-0.2, -0.15) is 0 Å². The molecule has 2 aromatic carbocycles. The molecular weight excluding hydrogens is 238 g/mol. The van der Waals surface area contributed by atoms with Gasteiger partial charge < -0.3 is 9.47 Å². The largest absolute Gasteiger partial charge is 0.493 e. The maximum atomic E-state index is 5.25. The summed E-state index contributed by atoms with van der Waals surface area (Å²) in [6, 6.07) is 15.9. The number of aliphatic imine (C=N–C) groups is 1. The molecule has 0 fully saturated rings. The first-order valence-corrected chi connectivity index (χ1v) is 6.09. The second kappa shape index (κ2) is 6.59. The van der Waals surface area contributed by atoms with Gasteiger partial charge in [0, 0.05) is 6.21 Å². The van der Waals surface area contributed by atoms with Crippen LogP contribution in [-0.4, -0.2) is 20.4 Å². The number of rotatable bonds is 5. The van der Waals surface area contributed by atoms with Gasteiger partial charge in [-0.15, -0.1) is 0 Å². The van der Waals surface area contributed by atoms with E-state index in [0.29, 0.717) is 12.3 Å². The van der Waals surface area contributed by atoms with Crippen molar-refractivity contribution in [3.05, 3.63) is 59.7 Å². The molecule has 0 saturated heterocycles. The summed E-state index contributed by atoms with van der Waals surface area (Å²) in [6.07, 6.45) is 1.84. The van der Waals surface area contributed by atoms with Crippen molar-refractivity contribution in [2.24, 2.45) is 4.99 Å². The molecule has 19 heavy (non-hydrogen) atoms. The zero-order chi connectivity index (χ0) is 13.5. The van der Waals surface area contributed by atoms with Gasteiger partial charge in [0.2, 0.25) is 0 Å². The zero-order valence-electron chi connectivity index (χ0n) is 11.2. The molecule has 2 rings (SSSR count). The Morgan fingerprint density at radius 2 is 1.68 bits per heavy atom. The third kappa shape index (κ3) is 3.58. The third-order valence-corrected chi connectivity index (χ3v) is 2.76. The van der Waals surface area contributed by atoms with Crippen LogP contribution in [-0.2, 0) is 6.54 Å². The molecule has 0 aromatic heterocycles. The highest BCUT2D eigenvalue weighted by molar-refractivity contribution is 5.80. The average Bonchev–Trinajstić information content (AvgIpc) is 2.48. The minimum Gasteiger partial charge on any atom is -0.493 e. The Hall–Kier alpha value is -2.29. The van der Waals surface area contributed by atoms with Crippen molar-refractivity contribution in [1.82, 2.24) is 0 Å². The topological polar surface area (TPSA) is 30.8 Å². The lowest BCUT2D eigenvalue weighted by Crippen LogP contribution is -1.92. The van der Waals surface area contributed by atoms with E-state index in [4.69, 9.17) is 9.47 Å². The predicted octanol–water partition coefficient (Wildman–Crippen LogP) is 3.32. The summed E-state index contributed by atoms with van der Waals surface area (Å²) in [5.41, 5.74) is 2.19. The van der Waals surface area contributed by atoms with E-state index in [9.17, 15) is 0 Å². The molecule has 0 saturated carbocycles. The van der Waals surface area contributed by atoms with Crippen LogP contribution in [0.2, 0.25) is 0 Å². The molecule has 0 heterocycles. The Kier molecular flexibility index (Phi) is 4.56. The van der Waals surface area contributed by atoms with Crippen molar-refractivity contribution in [2.45, 2.75) is 6.54 Å². The monoisotopic (exact) mass is 255 g/mol. The zero-order valence-corrected chi connectivity index (χ0v) is 11.2. The lowest BCUT2D eigenvalue weighted by Gasteiger charge is -2.07. The molecule has 3 nitrogen and oxygen atoms in total. The molecule has 0 bridgehead atoms. The van der Waals surface area contributed by atoms with Gasteiger partial charge in [0.15, 0.2) is 11.5 Å². The van der Waals surface area contributed by atoms with E-state index in [1.807, 2.05) is 42.6 Å². The molecule has 0 atom stereocenters. The van der Waals surface area contributed by atoms with Crippen LogP contribution in [0, 0.1) is 0 Å². The van der Waals surface area contributed by atoms with Gasteiger partial charge in [0.25, 0.3) is 0 Å². The minimum absolute atomic E-state index is 0.676. The first kappa shape index (κ1) is 13.1. The summed E-state index contributed by atoms with van der Waals surface area (Å²) in [7, 11) is 3.25. The van der Waals surface area contributed by atoms with Gasteiger partial charge in [-0.25, -0.2) is 0 Å². The molecule has 0 aliphatic rings. The number of hydrogen-bond acceptors (Lipinski definition) is 3. The third-order valence-electron chi connectivity index (χ3n) is 2.76. The molecule has 0 radical (unpaired) electrons. The molecule has 0 spiro atoms. The molecule has 0 amide bonds. The maximum absolute atomic E-state index is 5.25. The maximum Gasteiger partial charge on any atom is 0.161 e. The normalized spacial score (nSPS) is 10.6. The van der Waals surface area contributed by atoms with Crippen molar-refractivity contribution in [2.75, 3.05) is 14.2 Å². The average molecular weight is 255 g/mol. The highest BCUT2D eigenvalue weighted by Gasteiger charge is 2.02. The van der Waals surface area contributed by atoms with Gasteiger partial charge in [0.05, 0.1) is 20.8 Å². The molecule has 0 N–H and O–H groups in total. The van der Waals surface area contributed by atoms with Crippen LogP contribution in [0.4, 0.5) is 0 Å². The van der Waals surface area contributed by atoms with Crippen LogP contribution in [0.15, 0.2) is 53.5 Å². The van der Waals surface area contributed by atoms with Crippen LogP contribution in [0.5, 0.6) is 11.5 Å². The second-order valence-corrected chi connectivity index (χ2v) is 4.07. The van der Waals surface area contributed by atoms with E-state index in [1.54, 1.807) is 14.2 Å². The Balaban J connectivity index is 2.07. The molecule has 0 aliphatic carbocycles. The Morgan fingerprint density at radius 3 is 2.37 bits per heavy atom. The van der Waals surface area contributed by atoms with Crippen LogP contribution >= 0.6 is 0 Å². The summed E-state index contributed by atoms with van der Waals surface area (Å²) in [6.45, 7) is 0.676. The number of nitrogens with zero attached hydrogens (tertiary/aromatic N) is 1. The summed E-state index contributed by atoms with van der Waals surface area (Å²) in [5, 5.41) is 0. The first-order valence-electron chi connectivity index (χ1n) is 6.09. The van der Waals surface area contributed by atoms with Gasteiger partial charge in [-0.3, -0.25) is 4.99 Å². The van der Waals surface area contributed by atoms with E-state index < -0.39 is 0 Å². The summed E-state index contributed by atoms with van der Waals surface area (Å²) in [4.78, 5) is 4.42. The molecule has 2 aromatic rings. The van der Waals surface area contributed by atoms with Gasteiger partial charge >= 0.3 is 0 Å². The van der Waals surface area contributed by atoms with E-state index >= 15 is 0 Å². The van der Waals surface area contributed by atoms with E-state index in [1.165, 1.54) is 5.56 Å². The Bertz CT molecular complexity index is 550. The highest BCUT2D eigenvalue weighted by atomic mass is 16.5. The smallest absolute Gasteiger partial charge is 0.161 e. The predicted molar refractivity (Wildman–Crippen MR) is 77.3 cm³/mol. The molecule has 3 heteroatoms. The number of benzene rings is 2. The SMILES string of the molecule is COc1ccc(C=NCc2ccccc2)cc1OC. The van der Waals surface area contributed by atoms with Crippen molar-refractivity contribution in [3.8, 4) is 11.5 Å². The van der Waals surface area contributed by atoms with Crippen LogP contribution in [0.1, 0.15) is 11.1 Å². The number of hydrogen-bond donors (Lipinski definition) is 0. The van der Waals surface area contributed by atoms with Gasteiger partial charge in [-0.1, -0.05) is 30.3 Å². The fourth-order valence-corrected chi connectivity index (χ4v) is 1.77. The van der Waals surface area contributed by atoms with Crippen molar-refractivity contribution < 1.29 is 9.47 Å². The fourth-order valence-electron chi connectivity index (χ4n) is 1.77. The molecule has 98 valence electrons. The van der Waals surface area contributed by atoms with Crippen molar-refractivity contribution >= 4 is 6.21 Å². The van der Waals surface area contributed by atoms with E-state index in [-0.39, 0.29) is 0 Å². The lowest BCUT2D eigenvalue weighted by atomic mass is 10.2. The Labute approximate surface area is 113 Å². The summed E-state index contributed by atoms with van der Waals surface area (Å²) >= 11 is 0. The quantitative estimate of drug-likeness (QED) is 0.767. The van der Waals surface area contributed by atoms with Crippen molar-refractivity contribution in [3.63, 3.8) is 0 Å². The number of ether oxygens (including phenoxy) is 2. The molecule has 0 unspecified atom stereocenters. The summed E-state index contributed by atoms with van der Waals surface area (Å²) in [5.74, 6) is 1.44. The van der Waals surface area contributed by atoms with Crippen molar-refractivity contribution in [1.29, 1.82) is 0 Å². The molecular formula is C16H17NO2. The van der Waals surface area contributed by atoms with Crippen LogP contribution < -0.4 is 9.47 Å². The Morgan fingerprint density at radius 1 is 0.947 bits per heavy atom. The van der Waals surface area contributed by atoms with E-state index in [0.717, 1.165) is 11.3 Å². The van der Waals surface area contributed by atoms with Crippen LogP contribution in [0.3, 0.4) is 0 Å². The van der Waals surface area contributed by atoms with Gasteiger partial charge in [-0.05, 0) is 29.3 Å². The number of methoxy groups -OCH3 is 2. The standard InChI is InChI=1S/C16H17NO2/c1-18-15-9-8-14(10-16(15)19-2)12-17-11-13-6-4-3-5-7-13/h3-10,12H,11H2,1-2H3. The van der Waals surface area contributed by atoms with Gasteiger partial charge in [0.1, 0.15) is 0 Å². The summed E-state index contributed by atoms with van der Waals surface area (Å²) < 4.78 is 10.5. The van der Waals surface area contributed by atoms with Crippen LogP contribution in [0.25, 0.3) is 0 Å². The lowest BCUT2D eigenvalue weighted by molar-refractivity contribution is 0.355. The second-order valence-electron chi connectivity index (χ2n) is 4.07.